The summed E-state index contributed by atoms with van der Waals surface area (Å²) in [5, 5.41) is 9.95. The van der Waals surface area contributed by atoms with Crippen LogP contribution in [0.2, 0.25) is 0 Å². The molecular formula is C20H19F3N4O3. The van der Waals surface area contributed by atoms with Crippen LogP contribution in [-0.2, 0) is 24.0 Å². The first-order valence-corrected chi connectivity index (χ1v) is 9.00. The predicted octanol–water partition coefficient (Wildman–Crippen LogP) is 3.38. The van der Waals surface area contributed by atoms with Crippen molar-refractivity contribution < 1.29 is 22.7 Å². The van der Waals surface area contributed by atoms with E-state index in [-0.39, 0.29) is 30.9 Å². The molecule has 2 N–H and O–H groups in total. The van der Waals surface area contributed by atoms with Crippen molar-refractivity contribution in [2.75, 3.05) is 19.0 Å². The van der Waals surface area contributed by atoms with Crippen molar-refractivity contribution in [1.29, 1.82) is 0 Å². The number of benzene rings is 2. The zero-order valence-electron chi connectivity index (χ0n) is 16.0. The second-order valence-corrected chi connectivity index (χ2v) is 6.36. The molecule has 30 heavy (non-hydrogen) atoms. The van der Waals surface area contributed by atoms with E-state index in [1.165, 1.54) is 30.0 Å². The second kappa shape index (κ2) is 8.95. The number of anilines is 1. The Morgan fingerprint density at radius 2 is 1.77 bits per heavy atom. The van der Waals surface area contributed by atoms with Gasteiger partial charge >= 0.3 is 12.2 Å². The highest BCUT2D eigenvalue weighted by molar-refractivity contribution is 5.90. The number of hydrogen-bond donors (Lipinski definition) is 2. The summed E-state index contributed by atoms with van der Waals surface area (Å²) in [5.41, 5.74) is -1.20. The van der Waals surface area contributed by atoms with E-state index >= 15 is 0 Å². The first-order valence-electron chi connectivity index (χ1n) is 9.00. The average Bonchev–Trinajstić information content (AvgIpc) is 2.72. The second-order valence-electron chi connectivity index (χ2n) is 6.36. The van der Waals surface area contributed by atoms with Gasteiger partial charge in [-0.2, -0.15) is 18.3 Å². The van der Waals surface area contributed by atoms with Crippen molar-refractivity contribution >= 4 is 22.5 Å². The van der Waals surface area contributed by atoms with E-state index in [1.807, 2.05) is 0 Å². The van der Waals surface area contributed by atoms with Crippen molar-refractivity contribution in [3.63, 3.8) is 0 Å². The van der Waals surface area contributed by atoms with E-state index in [4.69, 9.17) is 4.74 Å². The number of carbonyl (C=O) groups is 1. The molecule has 158 valence electrons. The maximum absolute atomic E-state index is 13.1. The molecule has 7 nitrogen and oxygen atoms in total. The molecule has 0 fully saturated rings. The molecule has 0 bridgehead atoms. The van der Waals surface area contributed by atoms with Crippen LogP contribution >= 0.6 is 0 Å². The van der Waals surface area contributed by atoms with E-state index in [0.717, 1.165) is 6.07 Å². The van der Waals surface area contributed by atoms with Crippen molar-refractivity contribution in [2.45, 2.75) is 19.3 Å². The lowest BCUT2D eigenvalue weighted by molar-refractivity contribution is -0.136. The number of nitrogens with one attached hydrogen (secondary N) is 2. The monoisotopic (exact) mass is 420 g/mol. The fourth-order valence-corrected chi connectivity index (χ4v) is 2.93. The number of fused-ring (bicyclic) bond motifs is 1. The van der Waals surface area contributed by atoms with Gasteiger partial charge < -0.3 is 15.4 Å². The minimum absolute atomic E-state index is 0.0895. The molecule has 0 unspecified atom stereocenters. The van der Waals surface area contributed by atoms with Crippen molar-refractivity contribution in [1.82, 2.24) is 15.1 Å². The van der Waals surface area contributed by atoms with Crippen LogP contribution in [0.1, 0.15) is 11.3 Å². The largest absolute Gasteiger partial charge is 0.418 e. The summed E-state index contributed by atoms with van der Waals surface area (Å²) in [5.74, 6) is 0. The normalized spacial score (nSPS) is 11.5. The third-order valence-corrected chi connectivity index (χ3v) is 4.35. The van der Waals surface area contributed by atoms with Gasteiger partial charge in [0.2, 0.25) is 0 Å². The Labute approximate surface area is 169 Å². The van der Waals surface area contributed by atoms with Crippen LogP contribution < -0.4 is 16.2 Å². The molecule has 1 aromatic heterocycles. The number of para-hydroxylation sites is 1. The molecule has 0 spiro atoms. The Kier molecular flexibility index (Phi) is 6.36. The van der Waals surface area contributed by atoms with Crippen molar-refractivity contribution in [3.8, 4) is 0 Å². The van der Waals surface area contributed by atoms with Gasteiger partial charge in [-0.25, -0.2) is 9.48 Å². The number of urea groups is 1. The number of alkyl halides is 3. The smallest absolute Gasteiger partial charge is 0.383 e. The highest BCUT2D eigenvalue weighted by Gasteiger charge is 2.33. The number of rotatable bonds is 6. The van der Waals surface area contributed by atoms with Gasteiger partial charge in [0.25, 0.3) is 5.56 Å². The lowest BCUT2D eigenvalue weighted by Crippen LogP contribution is -2.32. The summed E-state index contributed by atoms with van der Waals surface area (Å²) in [6.07, 6.45) is -4.60. The summed E-state index contributed by atoms with van der Waals surface area (Å²) in [7, 11) is 1.50. The molecular weight excluding hydrogens is 401 g/mol. The van der Waals surface area contributed by atoms with Gasteiger partial charge in [-0.05, 0) is 18.2 Å². The van der Waals surface area contributed by atoms with Crippen LogP contribution in [0.15, 0.2) is 53.3 Å². The minimum atomic E-state index is -4.60. The van der Waals surface area contributed by atoms with Crippen LogP contribution in [0.4, 0.5) is 23.7 Å². The van der Waals surface area contributed by atoms with E-state index in [1.54, 1.807) is 24.3 Å². The Hall–Kier alpha value is -3.40. The van der Waals surface area contributed by atoms with Crippen molar-refractivity contribution in [2.24, 2.45) is 0 Å². The number of hydrogen-bond acceptors (Lipinski definition) is 4. The lowest BCUT2D eigenvalue weighted by atomic mass is 10.1. The van der Waals surface area contributed by atoms with Gasteiger partial charge in [0.05, 0.1) is 42.0 Å². The highest BCUT2D eigenvalue weighted by atomic mass is 19.4. The number of ether oxygens (including phenoxy) is 1. The number of methoxy groups -OCH3 is 1. The number of aromatic nitrogens is 2. The first kappa shape index (κ1) is 21.3. The fourth-order valence-electron chi connectivity index (χ4n) is 2.93. The Morgan fingerprint density at radius 3 is 2.47 bits per heavy atom. The first-order chi connectivity index (χ1) is 14.3. The molecule has 0 saturated carbocycles. The van der Waals surface area contributed by atoms with Gasteiger partial charge in [0.1, 0.15) is 0 Å². The van der Waals surface area contributed by atoms with Crippen molar-refractivity contribution in [3.05, 3.63) is 70.1 Å². The van der Waals surface area contributed by atoms with Crippen LogP contribution in [0.3, 0.4) is 0 Å². The van der Waals surface area contributed by atoms with Crippen LogP contribution in [0.25, 0.3) is 10.8 Å². The molecule has 0 aliphatic rings. The fraction of sp³-hybridized carbons (Fsp3) is 0.250. The predicted molar refractivity (Wildman–Crippen MR) is 105 cm³/mol. The third-order valence-electron chi connectivity index (χ3n) is 4.35. The number of amides is 2. The zero-order chi connectivity index (χ0) is 21.7. The quantitative estimate of drug-likeness (QED) is 0.640. The van der Waals surface area contributed by atoms with Crippen LogP contribution in [0.5, 0.6) is 0 Å². The summed E-state index contributed by atoms with van der Waals surface area (Å²) in [6, 6.07) is 10.6. The molecule has 0 atom stereocenters. The van der Waals surface area contributed by atoms with E-state index in [2.05, 4.69) is 15.7 Å². The van der Waals surface area contributed by atoms with Gasteiger partial charge in [-0.3, -0.25) is 4.79 Å². The lowest BCUT2D eigenvalue weighted by Gasteiger charge is -2.15. The highest BCUT2D eigenvalue weighted by Crippen LogP contribution is 2.34. The van der Waals surface area contributed by atoms with Gasteiger partial charge in [-0.15, -0.1) is 0 Å². The molecule has 0 radical (unpaired) electrons. The Morgan fingerprint density at radius 1 is 1.10 bits per heavy atom. The molecule has 0 aliphatic carbocycles. The van der Waals surface area contributed by atoms with Crippen LogP contribution in [-0.4, -0.2) is 29.5 Å². The minimum Gasteiger partial charge on any atom is -0.383 e. The Bertz CT molecular complexity index is 1110. The number of halogens is 3. The molecule has 0 aliphatic heterocycles. The summed E-state index contributed by atoms with van der Waals surface area (Å²) in [6.45, 7) is 0.402. The molecule has 10 heteroatoms. The number of nitrogens with zero attached hydrogens (tertiary/aromatic N) is 2. The van der Waals surface area contributed by atoms with E-state index < -0.39 is 17.8 Å². The topological polar surface area (TPSA) is 85.2 Å². The van der Waals surface area contributed by atoms with Gasteiger partial charge in [0, 0.05) is 12.5 Å². The third kappa shape index (κ3) is 4.77. The van der Waals surface area contributed by atoms with Gasteiger partial charge in [0.15, 0.2) is 0 Å². The zero-order valence-corrected chi connectivity index (χ0v) is 16.0. The van der Waals surface area contributed by atoms with E-state index in [9.17, 15) is 22.8 Å². The molecule has 3 rings (SSSR count). The molecule has 1 heterocycles. The maximum Gasteiger partial charge on any atom is 0.418 e. The summed E-state index contributed by atoms with van der Waals surface area (Å²) in [4.78, 5) is 24.8. The van der Waals surface area contributed by atoms with E-state index in [0.29, 0.717) is 16.5 Å². The molecule has 0 saturated heterocycles. The Balaban J connectivity index is 1.81. The maximum atomic E-state index is 13.1. The summed E-state index contributed by atoms with van der Waals surface area (Å²) < 4.78 is 45.5. The summed E-state index contributed by atoms with van der Waals surface area (Å²) >= 11 is 0. The van der Waals surface area contributed by atoms with Gasteiger partial charge in [-0.1, -0.05) is 30.3 Å². The standard InChI is InChI=1S/C20H19F3N4O3/c1-30-11-10-27-18(28)14-7-3-2-6-13(14)17(26-27)12-24-19(29)25-16-9-5-4-8-15(16)20(21,22)23/h2-9H,10-12H2,1H3,(H2,24,25,29). The molecule has 2 amide bonds. The number of carbonyl (C=O) groups excluding carboxylic acids is 1. The van der Waals surface area contributed by atoms with Crippen LogP contribution in [0, 0.1) is 0 Å². The SMILES string of the molecule is COCCn1nc(CNC(=O)Nc2ccccc2C(F)(F)F)c2ccccc2c1=O. The molecule has 2 aromatic carbocycles. The average molecular weight is 420 g/mol. The molecule has 3 aromatic rings.